The molecule has 3 aromatic carbocycles. The lowest BCUT2D eigenvalue weighted by atomic mass is 10.1. The molecule has 0 aliphatic rings. The van der Waals surface area contributed by atoms with Gasteiger partial charge in [0.05, 0.1) is 16.6 Å². The second kappa shape index (κ2) is 7.53. The van der Waals surface area contributed by atoms with Crippen molar-refractivity contribution in [3.8, 4) is 0 Å². The van der Waals surface area contributed by atoms with Crippen LogP contribution >= 0.6 is 0 Å². The number of aryl methyl sites for hydroxylation is 2. The van der Waals surface area contributed by atoms with Gasteiger partial charge in [-0.15, -0.1) is 0 Å². The summed E-state index contributed by atoms with van der Waals surface area (Å²) in [6, 6.07) is 20.0. The highest BCUT2D eigenvalue weighted by Gasteiger charge is 2.30. The first-order valence-electron chi connectivity index (χ1n) is 8.73. The SMILES string of the molecule is Cc1ccc(S(=O)(=O)N(c2ccc(C)c(F)c2)C(C)c2ccccc2)cc1. The minimum Gasteiger partial charge on any atom is -0.259 e. The van der Waals surface area contributed by atoms with Crippen LogP contribution in [-0.4, -0.2) is 8.42 Å². The Morgan fingerprint density at radius 3 is 2.11 bits per heavy atom. The lowest BCUT2D eigenvalue weighted by Gasteiger charge is -2.31. The molecule has 0 radical (unpaired) electrons. The lowest BCUT2D eigenvalue weighted by Crippen LogP contribution is -2.33. The van der Waals surface area contributed by atoms with Crippen LogP contribution < -0.4 is 4.31 Å². The third-order valence-electron chi connectivity index (χ3n) is 4.62. The molecule has 5 heteroatoms. The van der Waals surface area contributed by atoms with Crippen molar-refractivity contribution in [3.63, 3.8) is 0 Å². The molecule has 1 atom stereocenters. The van der Waals surface area contributed by atoms with E-state index in [1.807, 2.05) is 37.3 Å². The third-order valence-corrected chi connectivity index (χ3v) is 6.53. The van der Waals surface area contributed by atoms with E-state index in [9.17, 15) is 12.8 Å². The van der Waals surface area contributed by atoms with E-state index in [2.05, 4.69) is 0 Å². The Labute approximate surface area is 160 Å². The van der Waals surface area contributed by atoms with E-state index in [0.29, 0.717) is 11.3 Å². The summed E-state index contributed by atoms with van der Waals surface area (Å²) >= 11 is 0. The van der Waals surface area contributed by atoms with E-state index in [1.54, 1.807) is 50.2 Å². The van der Waals surface area contributed by atoms with Gasteiger partial charge in [-0.05, 0) is 56.2 Å². The summed E-state index contributed by atoms with van der Waals surface area (Å²) in [5.74, 6) is -0.433. The number of benzene rings is 3. The first-order valence-corrected chi connectivity index (χ1v) is 10.2. The molecule has 3 aromatic rings. The number of hydrogen-bond donors (Lipinski definition) is 0. The summed E-state index contributed by atoms with van der Waals surface area (Å²) < 4.78 is 42.4. The Kier molecular flexibility index (Phi) is 5.33. The zero-order valence-corrected chi connectivity index (χ0v) is 16.4. The van der Waals surface area contributed by atoms with Crippen LogP contribution in [0.5, 0.6) is 0 Å². The zero-order chi connectivity index (χ0) is 19.6. The van der Waals surface area contributed by atoms with Crippen LogP contribution in [0.2, 0.25) is 0 Å². The maximum Gasteiger partial charge on any atom is 0.264 e. The second-order valence-corrected chi connectivity index (χ2v) is 8.45. The first-order chi connectivity index (χ1) is 12.8. The van der Waals surface area contributed by atoms with Crippen LogP contribution in [0.15, 0.2) is 77.7 Å². The Bertz CT molecular complexity index is 1030. The molecular weight excluding hydrogens is 361 g/mol. The number of anilines is 1. The highest BCUT2D eigenvalue weighted by atomic mass is 32.2. The molecule has 3 nitrogen and oxygen atoms in total. The zero-order valence-electron chi connectivity index (χ0n) is 15.6. The predicted octanol–water partition coefficient (Wildman–Crippen LogP) is 5.40. The van der Waals surface area contributed by atoms with Gasteiger partial charge in [-0.1, -0.05) is 54.1 Å². The summed E-state index contributed by atoms with van der Waals surface area (Å²) in [7, 11) is -3.88. The highest BCUT2D eigenvalue weighted by Crippen LogP contribution is 2.34. The largest absolute Gasteiger partial charge is 0.264 e. The van der Waals surface area contributed by atoms with Gasteiger partial charge in [0.15, 0.2) is 0 Å². The van der Waals surface area contributed by atoms with Gasteiger partial charge in [-0.3, -0.25) is 4.31 Å². The fraction of sp³-hybridized carbons (Fsp3) is 0.182. The monoisotopic (exact) mass is 383 g/mol. The molecule has 0 N–H and O–H groups in total. The van der Waals surface area contributed by atoms with Gasteiger partial charge >= 0.3 is 0 Å². The molecule has 0 aromatic heterocycles. The standard InChI is InChI=1S/C22H22FNO2S/c1-16-9-13-21(14-10-16)27(25,26)24(18(3)19-7-5-4-6-8-19)20-12-11-17(2)22(23)15-20/h4-15,18H,1-3H3. The molecule has 0 saturated carbocycles. The average Bonchev–Trinajstić information content (AvgIpc) is 2.65. The number of nitrogens with zero attached hydrogens (tertiary/aromatic N) is 1. The van der Waals surface area contributed by atoms with Crippen LogP contribution in [0, 0.1) is 19.7 Å². The molecule has 27 heavy (non-hydrogen) atoms. The van der Waals surface area contributed by atoms with E-state index in [0.717, 1.165) is 11.1 Å². The van der Waals surface area contributed by atoms with Crippen molar-refractivity contribution in [1.82, 2.24) is 0 Å². The Morgan fingerprint density at radius 2 is 1.52 bits per heavy atom. The van der Waals surface area contributed by atoms with Gasteiger partial charge in [0.2, 0.25) is 0 Å². The van der Waals surface area contributed by atoms with E-state index < -0.39 is 21.9 Å². The maximum atomic E-state index is 14.2. The van der Waals surface area contributed by atoms with Gasteiger partial charge in [-0.2, -0.15) is 0 Å². The van der Waals surface area contributed by atoms with Crippen LogP contribution in [0.1, 0.15) is 29.7 Å². The second-order valence-electron chi connectivity index (χ2n) is 6.63. The van der Waals surface area contributed by atoms with E-state index in [1.165, 1.54) is 10.4 Å². The molecule has 0 saturated heterocycles. The summed E-state index contributed by atoms with van der Waals surface area (Å²) in [4.78, 5) is 0.178. The van der Waals surface area contributed by atoms with E-state index >= 15 is 0 Å². The fourth-order valence-corrected chi connectivity index (χ4v) is 4.62. The molecule has 0 amide bonds. The van der Waals surface area contributed by atoms with Gasteiger partial charge in [0.25, 0.3) is 10.0 Å². The van der Waals surface area contributed by atoms with Crippen LogP contribution in [0.4, 0.5) is 10.1 Å². The number of sulfonamides is 1. The molecule has 0 heterocycles. The summed E-state index contributed by atoms with van der Waals surface area (Å²) in [6.07, 6.45) is 0. The molecule has 0 spiro atoms. The number of rotatable bonds is 5. The summed E-state index contributed by atoms with van der Waals surface area (Å²) in [5, 5.41) is 0. The highest BCUT2D eigenvalue weighted by molar-refractivity contribution is 7.92. The van der Waals surface area contributed by atoms with Gasteiger partial charge in [0.1, 0.15) is 5.82 Å². The van der Waals surface area contributed by atoms with Crippen molar-refractivity contribution in [2.24, 2.45) is 0 Å². The summed E-state index contributed by atoms with van der Waals surface area (Å²) in [5.41, 5.74) is 2.57. The molecule has 3 rings (SSSR count). The molecule has 140 valence electrons. The van der Waals surface area contributed by atoms with Crippen molar-refractivity contribution in [2.45, 2.75) is 31.7 Å². The van der Waals surface area contributed by atoms with Crippen molar-refractivity contribution in [1.29, 1.82) is 0 Å². The fourth-order valence-electron chi connectivity index (χ4n) is 2.98. The van der Waals surface area contributed by atoms with Crippen molar-refractivity contribution < 1.29 is 12.8 Å². The molecule has 0 aliphatic carbocycles. The summed E-state index contributed by atoms with van der Waals surface area (Å²) in [6.45, 7) is 5.35. The third kappa shape index (κ3) is 3.88. The smallest absolute Gasteiger partial charge is 0.259 e. The quantitative estimate of drug-likeness (QED) is 0.592. The normalized spacial score (nSPS) is 12.6. The van der Waals surface area contributed by atoms with Gasteiger partial charge < -0.3 is 0 Å². The van der Waals surface area contributed by atoms with Gasteiger partial charge in [-0.25, -0.2) is 12.8 Å². The minimum absolute atomic E-state index is 0.178. The van der Waals surface area contributed by atoms with Crippen LogP contribution in [0.25, 0.3) is 0 Å². The molecule has 0 fully saturated rings. The minimum atomic E-state index is -3.88. The van der Waals surface area contributed by atoms with Crippen molar-refractivity contribution >= 4 is 15.7 Å². The number of hydrogen-bond acceptors (Lipinski definition) is 2. The Morgan fingerprint density at radius 1 is 0.889 bits per heavy atom. The van der Waals surface area contributed by atoms with Crippen LogP contribution in [-0.2, 0) is 10.0 Å². The molecule has 0 aliphatic heterocycles. The molecule has 1 unspecified atom stereocenters. The van der Waals surface area contributed by atoms with E-state index in [-0.39, 0.29) is 4.90 Å². The van der Waals surface area contributed by atoms with Gasteiger partial charge in [0, 0.05) is 0 Å². The van der Waals surface area contributed by atoms with Crippen molar-refractivity contribution in [2.75, 3.05) is 4.31 Å². The molecule has 0 bridgehead atoms. The Hall–Kier alpha value is -2.66. The average molecular weight is 383 g/mol. The predicted molar refractivity (Wildman–Crippen MR) is 107 cm³/mol. The van der Waals surface area contributed by atoms with Crippen LogP contribution in [0.3, 0.4) is 0 Å². The molecular formula is C22H22FNO2S. The topological polar surface area (TPSA) is 37.4 Å². The van der Waals surface area contributed by atoms with E-state index in [4.69, 9.17) is 0 Å². The van der Waals surface area contributed by atoms with Crippen molar-refractivity contribution in [3.05, 3.63) is 95.3 Å². The first kappa shape index (κ1) is 19.1. The maximum absolute atomic E-state index is 14.2. The lowest BCUT2D eigenvalue weighted by molar-refractivity contribution is 0.581. The Balaban J connectivity index is 2.17. The number of halogens is 1.